The van der Waals surface area contributed by atoms with Crippen molar-refractivity contribution in [3.05, 3.63) is 0 Å². The molecule has 0 aliphatic carbocycles. The summed E-state index contributed by atoms with van der Waals surface area (Å²) in [7, 11) is 0. The third-order valence-corrected chi connectivity index (χ3v) is 10.8. The molecule has 0 saturated carbocycles. The molecule has 0 aromatic carbocycles. The molecule has 11 heteroatoms. The second-order valence-electron chi connectivity index (χ2n) is 18.2. The molecule has 0 aliphatic rings. The van der Waals surface area contributed by atoms with E-state index in [1.807, 2.05) is 76.2 Å². The van der Waals surface area contributed by atoms with Crippen molar-refractivity contribution in [2.75, 3.05) is 52.9 Å². The number of rotatable bonds is 43. The highest BCUT2D eigenvalue weighted by Gasteiger charge is 2.27. The number of carbonyl (C=O) groups is 2. The van der Waals surface area contributed by atoms with Crippen LogP contribution in [0.4, 0.5) is 0 Å². The fraction of sp³-hybridized carbons (Fsp3) is 0.959. The van der Waals surface area contributed by atoms with Crippen molar-refractivity contribution >= 4 is 11.9 Å². The maximum Gasteiger partial charge on any atom is 0.311 e. The predicted molar refractivity (Wildman–Crippen MR) is 243 cm³/mol. The van der Waals surface area contributed by atoms with Crippen molar-refractivity contribution in [1.82, 2.24) is 0 Å². The van der Waals surface area contributed by atoms with Crippen molar-refractivity contribution in [1.29, 1.82) is 0 Å². The van der Waals surface area contributed by atoms with Gasteiger partial charge in [0.25, 0.3) is 0 Å². The first kappa shape index (κ1) is 58.7. The summed E-state index contributed by atoms with van der Waals surface area (Å²) >= 11 is 0. The lowest BCUT2D eigenvalue weighted by atomic mass is 9.91. The summed E-state index contributed by atoms with van der Waals surface area (Å²) < 4.78 is 52.3. The smallest absolute Gasteiger partial charge is 0.311 e. The summed E-state index contributed by atoms with van der Waals surface area (Å²) in [4.78, 5) is 24.5. The highest BCUT2D eigenvalue weighted by atomic mass is 16.6. The molecule has 0 aromatic heterocycles. The lowest BCUT2D eigenvalue weighted by Gasteiger charge is -2.23. The van der Waals surface area contributed by atoms with Crippen molar-refractivity contribution in [2.24, 2.45) is 5.41 Å². The minimum Gasteiger partial charge on any atom is -0.463 e. The van der Waals surface area contributed by atoms with Crippen LogP contribution in [0.15, 0.2) is 0 Å². The SMILES string of the molecule is CCCCCCCCCCCCCCCCCCC(=O)OC(C)COC(C)COC(C)COC(C)COC(C)COC(C)COC(C)COC(C)COC(=O)C(C)(C)CC. The largest absolute Gasteiger partial charge is 0.463 e. The number of carbonyl (C=O) groups excluding carboxylic acids is 2. The molecular formula is C49H96O11. The zero-order valence-corrected chi connectivity index (χ0v) is 41.0. The molecule has 0 saturated heterocycles. The van der Waals surface area contributed by atoms with Crippen LogP contribution in [0.1, 0.15) is 199 Å². The lowest BCUT2D eigenvalue weighted by Crippen LogP contribution is -2.31. The van der Waals surface area contributed by atoms with E-state index >= 15 is 0 Å². The van der Waals surface area contributed by atoms with Gasteiger partial charge in [0.2, 0.25) is 0 Å². The van der Waals surface area contributed by atoms with Crippen LogP contribution in [0.3, 0.4) is 0 Å². The molecule has 0 amide bonds. The molecule has 0 heterocycles. The van der Waals surface area contributed by atoms with E-state index in [1.165, 1.54) is 89.9 Å². The van der Waals surface area contributed by atoms with E-state index in [1.54, 1.807) is 0 Å². The van der Waals surface area contributed by atoms with Crippen molar-refractivity contribution in [3.63, 3.8) is 0 Å². The van der Waals surface area contributed by atoms with Crippen LogP contribution in [0, 0.1) is 5.41 Å². The number of ether oxygens (including phenoxy) is 9. The molecular weight excluding hydrogens is 765 g/mol. The second kappa shape index (κ2) is 38.1. The van der Waals surface area contributed by atoms with E-state index < -0.39 is 5.41 Å². The second-order valence-corrected chi connectivity index (χ2v) is 18.2. The molecule has 0 N–H and O–H groups in total. The molecule has 0 bridgehead atoms. The Morgan fingerprint density at radius 1 is 0.383 bits per heavy atom. The highest BCUT2D eigenvalue weighted by molar-refractivity contribution is 5.75. The molecule has 0 fully saturated rings. The quantitative estimate of drug-likeness (QED) is 0.0431. The monoisotopic (exact) mass is 861 g/mol. The van der Waals surface area contributed by atoms with Crippen molar-refractivity contribution in [3.8, 4) is 0 Å². The van der Waals surface area contributed by atoms with Crippen molar-refractivity contribution < 1.29 is 52.2 Å². The van der Waals surface area contributed by atoms with Gasteiger partial charge in [-0.05, 0) is 82.1 Å². The van der Waals surface area contributed by atoms with Gasteiger partial charge in [0, 0.05) is 6.42 Å². The first-order valence-corrected chi connectivity index (χ1v) is 24.3. The van der Waals surface area contributed by atoms with Crippen LogP contribution >= 0.6 is 0 Å². The summed E-state index contributed by atoms with van der Waals surface area (Å²) in [6.07, 6.45) is 21.1. The van der Waals surface area contributed by atoms with Gasteiger partial charge in [-0.25, -0.2) is 0 Å². The first-order chi connectivity index (χ1) is 28.6. The van der Waals surface area contributed by atoms with Gasteiger partial charge in [0.05, 0.1) is 94.4 Å². The minimum atomic E-state index is -0.489. The average Bonchev–Trinajstić information content (AvgIpc) is 3.22. The van der Waals surface area contributed by atoms with E-state index in [2.05, 4.69) is 6.92 Å². The third kappa shape index (κ3) is 36.2. The van der Waals surface area contributed by atoms with Gasteiger partial charge in [-0.3, -0.25) is 9.59 Å². The van der Waals surface area contributed by atoms with Gasteiger partial charge >= 0.3 is 11.9 Å². The van der Waals surface area contributed by atoms with Gasteiger partial charge in [-0.2, -0.15) is 0 Å². The van der Waals surface area contributed by atoms with Crippen LogP contribution in [0.2, 0.25) is 0 Å². The zero-order valence-electron chi connectivity index (χ0n) is 41.0. The predicted octanol–water partition coefficient (Wildman–Crippen LogP) is 11.4. The Morgan fingerprint density at radius 2 is 0.650 bits per heavy atom. The number of unbranched alkanes of at least 4 members (excludes halogenated alkanes) is 15. The average molecular weight is 861 g/mol. The molecule has 11 nitrogen and oxygen atoms in total. The maximum atomic E-state index is 12.3. The zero-order chi connectivity index (χ0) is 45.0. The fourth-order valence-electron chi connectivity index (χ4n) is 6.10. The number of hydrogen-bond acceptors (Lipinski definition) is 11. The Kier molecular flexibility index (Phi) is 37.3. The standard InChI is InChI=1S/C49H96O11/c1-13-15-16-17-18-19-20-21-22-23-24-25-26-27-28-29-30-47(50)60-46(10)38-58-44(8)36-56-42(6)34-54-40(4)32-52-39(3)31-53-41(5)33-55-43(7)35-57-45(9)37-59-48(51)49(11,12)14-2/h39-46H,13-38H2,1-12H3. The fourth-order valence-corrected chi connectivity index (χ4v) is 6.10. The van der Waals surface area contributed by atoms with Gasteiger partial charge in [-0.1, -0.05) is 110 Å². The topological polar surface area (TPSA) is 117 Å². The Labute approximate surface area is 369 Å². The van der Waals surface area contributed by atoms with Crippen LogP contribution in [0.5, 0.6) is 0 Å². The van der Waals surface area contributed by atoms with Crippen LogP contribution in [-0.2, 0) is 52.2 Å². The molecule has 0 radical (unpaired) electrons. The molecule has 358 valence electrons. The number of esters is 2. The van der Waals surface area contributed by atoms with Gasteiger partial charge in [0.1, 0.15) is 12.7 Å². The molecule has 0 aromatic rings. The molecule has 60 heavy (non-hydrogen) atoms. The van der Waals surface area contributed by atoms with E-state index in [9.17, 15) is 9.59 Å². The van der Waals surface area contributed by atoms with Crippen LogP contribution in [-0.4, -0.2) is 114 Å². The van der Waals surface area contributed by atoms with Crippen molar-refractivity contribution in [2.45, 2.75) is 247 Å². The maximum absolute atomic E-state index is 12.3. The summed E-state index contributed by atoms with van der Waals surface area (Å²) in [5.41, 5.74) is -0.489. The molecule has 8 atom stereocenters. The Morgan fingerprint density at radius 3 is 0.950 bits per heavy atom. The van der Waals surface area contributed by atoms with E-state index in [0.29, 0.717) is 52.7 Å². The summed E-state index contributed by atoms with van der Waals surface area (Å²) in [6.45, 7) is 26.7. The first-order valence-electron chi connectivity index (χ1n) is 24.3. The van der Waals surface area contributed by atoms with Gasteiger partial charge in [-0.15, -0.1) is 0 Å². The minimum absolute atomic E-state index is 0.104. The highest BCUT2D eigenvalue weighted by Crippen LogP contribution is 2.21. The summed E-state index contributed by atoms with van der Waals surface area (Å²) in [5, 5.41) is 0. The molecule has 8 unspecified atom stereocenters. The Balaban J connectivity index is 3.84. The molecule has 0 rings (SSSR count). The number of hydrogen-bond donors (Lipinski definition) is 0. The third-order valence-electron chi connectivity index (χ3n) is 10.8. The normalized spacial score (nSPS) is 16.1. The van der Waals surface area contributed by atoms with E-state index in [0.717, 1.165) is 19.3 Å². The molecule has 0 aliphatic heterocycles. The summed E-state index contributed by atoms with van der Waals surface area (Å²) in [5.74, 6) is -0.347. The van der Waals surface area contributed by atoms with Gasteiger partial charge in [0.15, 0.2) is 0 Å². The summed E-state index contributed by atoms with van der Waals surface area (Å²) in [6, 6.07) is 0. The van der Waals surface area contributed by atoms with E-state index in [-0.39, 0.29) is 67.4 Å². The van der Waals surface area contributed by atoms with Gasteiger partial charge < -0.3 is 42.6 Å². The van der Waals surface area contributed by atoms with Crippen LogP contribution in [0.25, 0.3) is 0 Å². The van der Waals surface area contributed by atoms with E-state index in [4.69, 9.17) is 42.6 Å². The Bertz CT molecular complexity index is 994. The van der Waals surface area contributed by atoms with Crippen LogP contribution < -0.4 is 0 Å². The Hall–Kier alpha value is -1.34. The lowest BCUT2D eigenvalue weighted by molar-refractivity contribution is -0.159. The molecule has 0 spiro atoms.